The Morgan fingerprint density at radius 2 is 2.24 bits per heavy atom. The van der Waals surface area contributed by atoms with E-state index in [9.17, 15) is 0 Å². The van der Waals surface area contributed by atoms with Gasteiger partial charge in [-0.25, -0.2) is 0 Å². The third kappa shape index (κ3) is 4.07. The molecule has 2 rings (SSSR count). The second kappa shape index (κ2) is 6.50. The molecule has 0 aromatic carbocycles. The van der Waals surface area contributed by atoms with Crippen LogP contribution in [0.1, 0.15) is 19.8 Å². The van der Waals surface area contributed by atoms with E-state index >= 15 is 0 Å². The summed E-state index contributed by atoms with van der Waals surface area (Å²) >= 11 is 2.05. The molecule has 0 aliphatic carbocycles. The predicted octanol–water partition coefficient (Wildman–Crippen LogP) is 1.16. The van der Waals surface area contributed by atoms with Crippen molar-refractivity contribution >= 4 is 17.7 Å². The molecule has 5 heteroatoms. The van der Waals surface area contributed by atoms with Crippen molar-refractivity contribution < 1.29 is 4.74 Å². The van der Waals surface area contributed by atoms with Crippen molar-refractivity contribution in [1.82, 2.24) is 4.90 Å². The smallest absolute Gasteiger partial charge is 0.191 e. The Balaban J connectivity index is 1.79. The van der Waals surface area contributed by atoms with Gasteiger partial charge >= 0.3 is 0 Å². The molecule has 2 saturated heterocycles. The first kappa shape index (κ1) is 13.0. The minimum Gasteiger partial charge on any atom is -0.375 e. The van der Waals surface area contributed by atoms with Crippen molar-refractivity contribution in [2.24, 2.45) is 16.6 Å². The second-order valence-corrected chi connectivity index (χ2v) is 6.11. The van der Waals surface area contributed by atoms with Crippen LogP contribution in [-0.2, 0) is 4.74 Å². The number of rotatable bonds is 2. The van der Waals surface area contributed by atoms with Crippen LogP contribution >= 0.6 is 11.8 Å². The minimum absolute atomic E-state index is 0.267. The van der Waals surface area contributed by atoms with Crippen molar-refractivity contribution in [2.45, 2.75) is 25.9 Å². The lowest BCUT2D eigenvalue weighted by molar-refractivity contribution is 0.00527. The van der Waals surface area contributed by atoms with Gasteiger partial charge in [0.2, 0.25) is 0 Å². The van der Waals surface area contributed by atoms with Crippen LogP contribution in [-0.4, -0.2) is 54.7 Å². The summed E-state index contributed by atoms with van der Waals surface area (Å²) in [6.07, 6.45) is 2.85. The number of morpholine rings is 1. The summed E-state index contributed by atoms with van der Waals surface area (Å²) in [6, 6.07) is 0. The molecule has 1 atom stereocenters. The Labute approximate surface area is 108 Å². The lowest BCUT2D eigenvalue weighted by atomic mass is 10.0. The highest BCUT2D eigenvalue weighted by Gasteiger charge is 2.19. The number of hydrogen-bond donors (Lipinski definition) is 1. The second-order valence-electron chi connectivity index (χ2n) is 4.88. The Morgan fingerprint density at radius 1 is 1.47 bits per heavy atom. The predicted molar refractivity (Wildman–Crippen MR) is 73.5 cm³/mol. The molecule has 0 saturated carbocycles. The Hall–Kier alpha value is -0.420. The molecule has 2 aliphatic heterocycles. The van der Waals surface area contributed by atoms with Crippen LogP contribution in [0.25, 0.3) is 0 Å². The average Bonchev–Trinajstić information content (AvgIpc) is 2.37. The largest absolute Gasteiger partial charge is 0.375 e. The Bertz CT molecular complexity index is 266. The van der Waals surface area contributed by atoms with Gasteiger partial charge in [0.1, 0.15) is 0 Å². The van der Waals surface area contributed by atoms with Gasteiger partial charge in [-0.3, -0.25) is 4.99 Å². The zero-order valence-electron chi connectivity index (χ0n) is 10.6. The van der Waals surface area contributed by atoms with E-state index in [0.29, 0.717) is 5.96 Å². The molecule has 0 amide bonds. The molecular weight excluding hydrogens is 234 g/mol. The molecule has 0 spiro atoms. The number of hydrogen-bond acceptors (Lipinski definition) is 3. The van der Waals surface area contributed by atoms with Gasteiger partial charge in [-0.15, -0.1) is 0 Å². The highest BCUT2D eigenvalue weighted by Crippen LogP contribution is 2.22. The molecule has 2 aliphatic rings. The first-order chi connectivity index (χ1) is 8.25. The van der Waals surface area contributed by atoms with Crippen LogP contribution in [0, 0.1) is 5.92 Å². The van der Waals surface area contributed by atoms with Crippen LogP contribution < -0.4 is 5.73 Å². The quantitative estimate of drug-likeness (QED) is 0.596. The van der Waals surface area contributed by atoms with E-state index in [1.165, 1.54) is 24.3 Å². The molecule has 98 valence electrons. The monoisotopic (exact) mass is 257 g/mol. The van der Waals surface area contributed by atoms with Crippen molar-refractivity contribution in [3.63, 3.8) is 0 Å². The maximum absolute atomic E-state index is 6.04. The molecule has 2 fully saturated rings. The highest BCUT2D eigenvalue weighted by molar-refractivity contribution is 7.99. The fraction of sp³-hybridized carbons (Fsp3) is 0.917. The summed E-state index contributed by atoms with van der Waals surface area (Å²) < 4.78 is 5.50. The van der Waals surface area contributed by atoms with E-state index in [4.69, 9.17) is 10.5 Å². The van der Waals surface area contributed by atoms with Crippen molar-refractivity contribution in [2.75, 3.05) is 37.7 Å². The van der Waals surface area contributed by atoms with Gasteiger partial charge in [0.25, 0.3) is 0 Å². The molecule has 2 N–H and O–H groups in total. The SMILES string of the molecule is CC1CN(C(N)=NCC2CCSCC2)CCO1. The van der Waals surface area contributed by atoms with E-state index in [1.807, 2.05) is 0 Å². The molecule has 0 aromatic heterocycles. The van der Waals surface area contributed by atoms with E-state index in [-0.39, 0.29) is 6.10 Å². The summed E-state index contributed by atoms with van der Waals surface area (Å²) in [7, 11) is 0. The zero-order chi connectivity index (χ0) is 12.1. The Morgan fingerprint density at radius 3 is 2.94 bits per heavy atom. The summed E-state index contributed by atoms with van der Waals surface area (Å²) in [5.41, 5.74) is 6.04. The summed E-state index contributed by atoms with van der Waals surface area (Å²) in [5.74, 6) is 4.02. The molecule has 0 bridgehead atoms. The maximum Gasteiger partial charge on any atom is 0.191 e. The fourth-order valence-electron chi connectivity index (χ4n) is 2.28. The Kier molecular flexibility index (Phi) is 4.98. The number of guanidine groups is 1. The minimum atomic E-state index is 0.267. The molecule has 17 heavy (non-hydrogen) atoms. The van der Waals surface area contributed by atoms with Crippen LogP contribution in [0.15, 0.2) is 4.99 Å². The number of aliphatic imine (C=N–C) groups is 1. The molecule has 0 aromatic rings. The average molecular weight is 257 g/mol. The van der Waals surface area contributed by atoms with Gasteiger partial charge < -0.3 is 15.4 Å². The first-order valence-corrected chi connectivity index (χ1v) is 7.65. The maximum atomic E-state index is 6.04. The van der Waals surface area contributed by atoms with E-state index in [1.54, 1.807) is 0 Å². The van der Waals surface area contributed by atoms with Gasteiger partial charge in [-0.1, -0.05) is 0 Å². The van der Waals surface area contributed by atoms with Crippen molar-refractivity contribution in [3.05, 3.63) is 0 Å². The van der Waals surface area contributed by atoms with Crippen LogP contribution in [0.4, 0.5) is 0 Å². The fourth-order valence-corrected chi connectivity index (χ4v) is 3.48. The third-order valence-electron chi connectivity index (χ3n) is 3.42. The van der Waals surface area contributed by atoms with E-state index in [0.717, 1.165) is 32.2 Å². The van der Waals surface area contributed by atoms with Crippen molar-refractivity contribution in [3.8, 4) is 0 Å². The summed E-state index contributed by atoms with van der Waals surface area (Å²) in [4.78, 5) is 6.71. The summed E-state index contributed by atoms with van der Waals surface area (Å²) in [5, 5.41) is 0. The first-order valence-electron chi connectivity index (χ1n) is 6.50. The number of nitrogens with two attached hydrogens (primary N) is 1. The molecule has 4 nitrogen and oxygen atoms in total. The van der Waals surface area contributed by atoms with Gasteiger partial charge in [0.05, 0.1) is 12.7 Å². The highest BCUT2D eigenvalue weighted by atomic mass is 32.2. The molecule has 0 radical (unpaired) electrons. The molecule has 2 heterocycles. The molecular formula is C12H23N3OS. The zero-order valence-corrected chi connectivity index (χ0v) is 11.4. The van der Waals surface area contributed by atoms with E-state index < -0.39 is 0 Å². The van der Waals surface area contributed by atoms with Crippen LogP contribution in [0.3, 0.4) is 0 Å². The van der Waals surface area contributed by atoms with Gasteiger partial charge in [-0.05, 0) is 37.2 Å². The number of ether oxygens (including phenoxy) is 1. The van der Waals surface area contributed by atoms with Crippen molar-refractivity contribution in [1.29, 1.82) is 0 Å². The lowest BCUT2D eigenvalue weighted by Crippen LogP contribution is -2.48. The normalized spacial score (nSPS) is 28.4. The standard InChI is InChI=1S/C12H23N3OS/c1-10-9-15(4-5-16-10)12(13)14-8-11-2-6-17-7-3-11/h10-11H,2-9H2,1H3,(H2,13,14). The molecule has 1 unspecified atom stereocenters. The van der Waals surface area contributed by atoms with Crippen LogP contribution in [0.5, 0.6) is 0 Å². The van der Waals surface area contributed by atoms with Gasteiger partial charge in [0, 0.05) is 19.6 Å². The number of nitrogens with zero attached hydrogens (tertiary/aromatic N) is 2. The van der Waals surface area contributed by atoms with Gasteiger partial charge in [-0.2, -0.15) is 11.8 Å². The summed E-state index contributed by atoms with van der Waals surface area (Å²) in [6.45, 7) is 5.49. The number of thioether (sulfide) groups is 1. The van der Waals surface area contributed by atoms with Crippen LogP contribution in [0.2, 0.25) is 0 Å². The van der Waals surface area contributed by atoms with Gasteiger partial charge in [0.15, 0.2) is 5.96 Å². The third-order valence-corrected chi connectivity index (χ3v) is 4.47. The lowest BCUT2D eigenvalue weighted by Gasteiger charge is -2.32. The topological polar surface area (TPSA) is 50.8 Å². The van der Waals surface area contributed by atoms with E-state index in [2.05, 4.69) is 28.6 Å².